The van der Waals surface area contributed by atoms with E-state index in [9.17, 15) is 9.59 Å². The van der Waals surface area contributed by atoms with Gasteiger partial charge in [-0.25, -0.2) is 0 Å². The lowest BCUT2D eigenvalue weighted by atomic mass is 10.2. The highest BCUT2D eigenvalue weighted by atomic mass is 35.5. The van der Waals surface area contributed by atoms with Gasteiger partial charge in [-0.2, -0.15) is 0 Å². The van der Waals surface area contributed by atoms with Crippen LogP contribution < -0.4 is 5.32 Å². The first-order valence-electron chi connectivity index (χ1n) is 9.21. The molecule has 144 valence electrons. The summed E-state index contributed by atoms with van der Waals surface area (Å²) in [6.45, 7) is 5.58. The van der Waals surface area contributed by atoms with Crippen LogP contribution in [0.15, 0.2) is 40.8 Å². The molecule has 6 nitrogen and oxygen atoms in total. The zero-order valence-electron chi connectivity index (χ0n) is 15.4. The summed E-state index contributed by atoms with van der Waals surface area (Å²) in [5, 5.41) is 3.46. The molecule has 2 amide bonds. The van der Waals surface area contributed by atoms with Gasteiger partial charge in [0.05, 0.1) is 11.6 Å². The first-order valence-corrected chi connectivity index (χ1v) is 9.59. The van der Waals surface area contributed by atoms with Crippen LogP contribution in [0.2, 0.25) is 5.02 Å². The molecule has 0 spiro atoms. The van der Waals surface area contributed by atoms with Gasteiger partial charge < -0.3 is 14.6 Å². The maximum absolute atomic E-state index is 12.7. The number of hydrogen-bond acceptors (Lipinski definition) is 4. The lowest BCUT2D eigenvalue weighted by molar-refractivity contribution is -0.122. The molecule has 7 heteroatoms. The van der Waals surface area contributed by atoms with E-state index in [4.69, 9.17) is 16.0 Å². The summed E-state index contributed by atoms with van der Waals surface area (Å²) in [4.78, 5) is 28.3. The van der Waals surface area contributed by atoms with Gasteiger partial charge in [-0.05, 0) is 30.7 Å². The molecule has 0 bridgehead atoms. The maximum atomic E-state index is 12.7. The third-order valence-corrected chi connectivity index (χ3v) is 4.88. The second-order valence-corrected chi connectivity index (χ2v) is 6.97. The van der Waals surface area contributed by atoms with Gasteiger partial charge in [0.15, 0.2) is 5.76 Å². The molecule has 0 unspecified atom stereocenters. The van der Waals surface area contributed by atoms with E-state index in [1.165, 1.54) is 0 Å². The summed E-state index contributed by atoms with van der Waals surface area (Å²) in [6, 6.07) is 10.8. The summed E-state index contributed by atoms with van der Waals surface area (Å²) in [5.74, 6) is 0.782. The Kier molecular flexibility index (Phi) is 6.53. The van der Waals surface area contributed by atoms with Crippen LogP contribution >= 0.6 is 11.6 Å². The largest absolute Gasteiger partial charge is 0.451 e. The normalized spacial score (nSPS) is 15.0. The van der Waals surface area contributed by atoms with Gasteiger partial charge >= 0.3 is 0 Å². The van der Waals surface area contributed by atoms with E-state index in [0.29, 0.717) is 55.8 Å². The topological polar surface area (TPSA) is 65.8 Å². The minimum absolute atomic E-state index is 0.0343. The fourth-order valence-electron chi connectivity index (χ4n) is 3.05. The second kappa shape index (κ2) is 9.06. The zero-order chi connectivity index (χ0) is 19.2. The third kappa shape index (κ3) is 4.90. The van der Waals surface area contributed by atoms with Gasteiger partial charge in [-0.1, -0.05) is 30.7 Å². The Morgan fingerprint density at radius 1 is 1.11 bits per heavy atom. The Bertz CT molecular complexity index is 797. The molecule has 1 N–H and O–H groups in total. The number of piperazine rings is 1. The molecule has 1 aliphatic heterocycles. The Labute approximate surface area is 164 Å². The molecule has 1 saturated heterocycles. The smallest absolute Gasteiger partial charge is 0.289 e. The number of carbonyl (C=O) groups is 2. The third-order valence-electron chi connectivity index (χ3n) is 4.55. The van der Waals surface area contributed by atoms with Crippen molar-refractivity contribution in [3.63, 3.8) is 0 Å². The number of furan rings is 1. The van der Waals surface area contributed by atoms with E-state index in [0.717, 1.165) is 12.0 Å². The van der Waals surface area contributed by atoms with Gasteiger partial charge in [0.1, 0.15) is 5.76 Å². The van der Waals surface area contributed by atoms with Gasteiger partial charge in [-0.3, -0.25) is 14.5 Å². The van der Waals surface area contributed by atoms with Crippen LogP contribution in [0, 0.1) is 0 Å². The number of halogens is 1. The molecule has 1 aromatic carbocycles. The Morgan fingerprint density at radius 2 is 1.85 bits per heavy atom. The molecule has 27 heavy (non-hydrogen) atoms. The fourth-order valence-corrected chi connectivity index (χ4v) is 3.28. The van der Waals surface area contributed by atoms with E-state index in [1.54, 1.807) is 23.1 Å². The number of rotatable bonds is 6. The highest BCUT2D eigenvalue weighted by molar-refractivity contribution is 6.33. The fraction of sp³-hybridized carbons (Fsp3) is 0.400. The molecule has 2 aromatic rings. The summed E-state index contributed by atoms with van der Waals surface area (Å²) in [7, 11) is 0. The van der Waals surface area contributed by atoms with Gasteiger partial charge in [0, 0.05) is 38.3 Å². The highest BCUT2D eigenvalue weighted by Gasteiger charge is 2.25. The zero-order valence-corrected chi connectivity index (χ0v) is 16.2. The quantitative estimate of drug-likeness (QED) is 0.825. The number of nitrogens with zero attached hydrogens (tertiary/aromatic N) is 2. The van der Waals surface area contributed by atoms with Crippen molar-refractivity contribution in [3.8, 4) is 11.3 Å². The first kappa shape index (κ1) is 19.5. The van der Waals surface area contributed by atoms with Crippen molar-refractivity contribution in [2.24, 2.45) is 0 Å². The average Bonchev–Trinajstić information content (AvgIpc) is 3.16. The van der Waals surface area contributed by atoms with Gasteiger partial charge in [0.25, 0.3) is 5.91 Å². The number of benzene rings is 1. The van der Waals surface area contributed by atoms with Gasteiger partial charge in [0.2, 0.25) is 5.91 Å². The SMILES string of the molecule is CCCNC(=O)CN1CCN(C(=O)c2ccc(-c3ccccc3Cl)o2)CC1. The predicted octanol–water partition coefficient (Wildman–Crippen LogP) is 2.88. The van der Waals surface area contributed by atoms with Crippen LogP contribution in [0.5, 0.6) is 0 Å². The van der Waals surface area contributed by atoms with Crippen LogP contribution in [-0.4, -0.2) is 60.9 Å². The summed E-state index contributed by atoms with van der Waals surface area (Å²) in [5.41, 5.74) is 0.765. The molecule has 0 aliphatic carbocycles. The van der Waals surface area contributed by atoms with Crippen molar-refractivity contribution < 1.29 is 14.0 Å². The molecule has 0 saturated carbocycles. The number of amides is 2. The minimum atomic E-state index is -0.136. The molecular weight excluding hydrogens is 366 g/mol. The maximum Gasteiger partial charge on any atom is 0.289 e. The van der Waals surface area contributed by atoms with E-state index in [1.807, 2.05) is 25.1 Å². The van der Waals surface area contributed by atoms with E-state index >= 15 is 0 Å². The molecular formula is C20H24ClN3O3. The van der Waals surface area contributed by atoms with Crippen LogP contribution in [0.3, 0.4) is 0 Å². The Balaban J connectivity index is 1.56. The molecule has 3 rings (SSSR count). The number of hydrogen-bond donors (Lipinski definition) is 1. The standard InChI is InChI=1S/C20H24ClN3O3/c1-2-9-22-19(25)14-23-10-12-24(13-11-23)20(26)18-8-7-17(27-18)15-5-3-4-6-16(15)21/h3-8H,2,9-14H2,1H3,(H,22,25). The van der Waals surface area contributed by atoms with Crippen LogP contribution in [0.4, 0.5) is 0 Å². The van der Waals surface area contributed by atoms with E-state index in [-0.39, 0.29) is 11.8 Å². The summed E-state index contributed by atoms with van der Waals surface area (Å²) >= 11 is 6.19. The molecule has 1 aromatic heterocycles. The molecule has 0 radical (unpaired) electrons. The lowest BCUT2D eigenvalue weighted by Crippen LogP contribution is -2.51. The van der Waals surface area contributed by atoms with E-state index in [2.05, 4.69) is 10.2 Å². The summed E-state index contributed by atoms with van der Waals surface area (Å²) < 4.78 is 5.75. The van der Waals surface area contributed by atoms with Crippen molar-refractivity contribution in [3.05, 3.63) is 47.2 Å². The van der Waals surface area contributed by atoms with Crippen LogP contribution in [0.1, 0.15) is 23.9 Å². The van der Waals surface area contributed by atoms with Crippen molar-refractivity contribution in [1.82, 2.24) is 15.1 Å². The molecule has 2 heterocycles. The number of carbonyl (C=O) groups excluding carboxylic acids is 2. The van der Waals surface area contributed by atoms with Crippen molar-refractivity contribution in [2.45, 2.75) is 13.3 Å². The van der Waals surface area contributed by atoms with E-state index < -0.39 is 0 Å². The summed E-state index contributed by atoms with van der Waals surface area (Å²) in [6.07, 6.45) is 0.924. The van der Waals surface area contributed by atoms with Crippen LogP contribution in [-0.2, 0) is 4.79 Å². The average molecular weight is 390 g/mol. The highest BCUT2D eigenvalue weighted by Crippen LogP contribution is 2.29. The predicted molar refractivity (Wildman–Crippen MR) is 105 cm³/mol. The van der Waals surface area contributed by atoms with Crippen molar-refractivity contribution in [2.75, 3.05) is 39.3 Å². The monoisotopic (exact) mass is 389 g/mol. The lowest BCUT2D eigenvalue weighted by Gasteiger charge is -2.33. The Morgan fingerprint density at radius 3 is 2.56 bits per heavy atom. The van der Waals surface area contributed by atoms with Crippen molar-refractivity contribution >= 4 is 23.4 Å². The second-order valence-electron chi connectivity index (χ2n) is 6.56. The number of nitrogens with one attached hydrogen (secondary N) is 1. The molecule has 1 aliphatic rings. The first-order chi connectivity index (χ1) is 13.1. The Hall–Kier alpha value is -2.31. The molecule has 1 fully saturated rings. The van der Waals surface area contributed by atoms with Crippen molar-refractivity contribution in [1.29, 1.82) is 0 Å². The van der Waals surface area contributed by atoms with Gasteiger partial charge in [-0.15, -0.1) is 0 Å². The molecule has 0 atom stereocenters. The van der Waals surface area contributed by atoms with Crippen LogP contribution in [0.25, 0.3) is 11.3 Å². The minimum Gasteiger partial charge on any atom is -0.451 e.